The third-order valence-electron chi connectivity index (χ3n) is 5.16. The van der Waals surface area contributed by atoms with Crippen LogP contribution in [0.5, 0.6) is 0 Å². The Bertz CT molecular complexity index is 838. The van der Waals surface area contributed by atoms with Crippen LogP contribution in [0.3, 0.4) is 0 Å². The van der Waals surface area contributed by atoms with Crippen molar-refractivity contribution in [3.05, 3.63) is 49.4 Å². The average Bonchev–Trinajstić information content (AvgIpc) is 3.29. The van der Waals surface area contributed by atoms with Gasteiger partial charge >= 0.3 is 6.18 Å². The zero-order valence-corrected chi connectivity index (χ0v) is 18.5. The Morgan fingerprint density at radius 1 is 1.31 bits per heavy atom. The van der Waals surface area contributed by atoms with Crippen LogP contribution in [0.2, 0.25) is 5.02 Å². The van der Waals surface area contributed by atoms with Crippen molar-refractivity contribution in [3.8, 4) is 0 Å². The van der Waals surface area contributed by atoms with Crippen molar-refractivity contribution >= 4 is 22.9 Å². The van der Waals surface area contributed by atoms with Gasteiger partial charge in [0.1, 0.15) is 5.01 Å². The number of hydrogen-bond donors (Lipinski definition) is 1. The number of thiazole rings is 1. The third-order valence-corrected chi connectivity index (χ3v) is 6.60. The van der Waals surface area contributed by atoms with E-state index in [1.807, 2.05) is 26.8 Å². The molecule has 3 rings (SSSR count). The molecule has 1 heterocycles. The lowest BCUT2D eigenvalue weighted by molar-refractivity contribution is -0.141. The molecule has 1 aliphatic carbocycles. The molecule has 160 valence electrons. The second kappa shape index (κ2) is 8.92. The molecule has 0 radical (unpaired) electrons. The van der Waals surface area contributed by atoms with E-state index in [9.17, 15) is 13.2 Å². The van der Waals surface area contributed by atoms with Crippen LogP contribution in [-0.2, 0) is 12.7 Å². The van der Waals surface area contributed by atoms with Crippen LogP contribution in [0.15, 0.2) is 12.1 Å². The molecule has 8 heteroatoms. The maximum atomic E-state index is 13.7. The molecule has 1 fully saturated rings. The van der Waals surface area contributed by atoms with Gasteiger partial charge < -0.3 is 5.73 Å². The first kappa shape index (κ1) is 22.5. The van der Waals surface area contributed by atoms with Crippen molar-refractivity contribution < 1.29 is 13.2 Å². The number of hydrogen-bond acceptors (Lipinski definition) is 4. The maximum Gasteiger partial charge on any atom is 0.434 e. The van der Waals surface area contributed by atoms with Crippen molar-refractivity contribution in [1.29, 1.82) is 0 Å². The Hall–Kier alpha value is -1.15. The minimum absolute atomic E-state index is 0.234. The van der Waals surface area contributed by atoms with Gasteiger partial charge in [0, 0.05) is 18.1 Å². The first-order valence-electron chi connectivity index (χ1n) is 9.91. The second-order valence-electron chi connectivity index (χ2n) is 7.96. The van der Waals surface area contributed by atoms with E-state index in [-0.39, 0.29) is 16.4 Å². The van der Waals surface area contributed by atoms with Crippen molar-refractivity contribution in [2.75, 3.05) is 13.1 Å². The summed E-state index contributed by atoms with van der Waals surface area (Å²) in [5, 5.41) is 0.714. The predicted octanol–water partition coefficient (Wildman–Crippen LogP) is 6.10. The van der Waals surface area contributed by atoms with Crippen LogP contribution in [0.4, 0.5) is 13.2 Å². The Labute approximate surface area is 179 Å². The summed E-state index contributed by atoms with van der Waals surface area (Å²) in [5.74, 6) is 0.611. The summed E-state index contributed by atoms with van der Waals surface area (Å²) < 4.78 is 41.1. The molecule has 1 unspecified atom stereocenters. The molecule has 1 atom stereocenters. The number of benzene rings is 1. The van der Waals surface area contributed by atoms with Crippen molar-refractivity contribution in [1.82, 2.24) is 9.88 Å². The van der Waals surface area contributed by atoms with Gasteiger partial charge in [0.2, 0.25) is 0 Å². The summed E-state index contributed by atoms with van der Waals surface area (Å²) in [5.41, 5.74) is 8.01. The number of rotatable bonds is 8. The predicted molar refractivity (Wildman–Crippen MR) is 112 cm³/mol. The smallest absolute Gasteiger partial charge is 0.318 e. The summed E-state index contributed by atoms with van der Waals surface area (Å²) >= 11 is 7.43. The topological polar surface area (TPSA) is 42.1 Å². The van der Waals surface area contributed by atoms with Gasteiger partial charge in [0.15, 0.2) is 5.69 Å². The maximum absolute atomic E-state index is 13.7. The minimum atomic E-state index is -4.51. The molecular formula is C21H27ClF3N3S. The standard InChI is InChI=1S/C21H27ClF3N3S/c1-4-7-28(10-14-5-6-14)11-16-19(21(23,24)25)27-20(29-16)18(26)17-13(3)8-12(2)9-15(17)22/h8-9,14,18H,4-7,10-11,26H2,1-3H3. The Balaban J connectivity index is 1.94. The quantitative estimate of drug-likeness (QED) is 0.533. The zero-order chi connectivity index (χ0) is 21.3. The molecule has 0 bridgehead atoms. The fourth-order valence-electron chi connectivity index (χ4n) is 3.70. The van der Waals surface area contributed by atoms with Crippen LogP contribution < -0.4 is 5.73 Å². The summed E-state index contributed by atoms with van der Waals surface area (Å²) in [6.45, 7) is 7.69. The summed E-state index contributed by atoms with van der Waals surface area (Å²) in [6, 6.07) is 2.92. The first-order valence-corrected chi connectivity index (χ1v) is 11.1. The number of aryl methyl sites for hydroxylation is 2. The molecule has 1 saturated carbocycles. The van der Waals surface area contributed by atoms with E-state index in [4.69, 9.17) is 17.3 Å². The highest BCUT2D eigenvalue weighted by molar-refractivity contribution is 7.11. The number of halogens is 4. The van der Waals surface area contributed by atoms with E-state index in [0.717, 1.165) is 54.8 Å². The van der Waals surface area contributed by atoms with Gasteiger partial charge in [0.05, 0.1) is 10.9 Å². The molecule has 2 N–H and O–H groups in total. The SMILES string of the molecule is CCCN(Cc1sc(C(N)c2c(C)cc(C)cc2Cl)nc1C(F)(F)F)CC1CC1. The average molecular weight is 446 g/mol. The molecule has 0 amide bonds. The largest absolute Gasteiger partial charge is 0.434 e. The molecule has 2 aromatic rings. The second-order valence-corrected chi connectivity index (χ2v) is 9.48. The van der Waals surface area contributed by atoms with Gasteiger partial charge in [0.25, 0.3) is 0 Å². The van der Waals surface area contributed by atoms with Gasteiger partial charge in [-0.2, -0.15) is 13.2 Å². The molecule has 1 aliphatic rings. The Kier molecular flexibility index (Phi) is 6.93. The lowest BCUT2D eigenvalue weighted by Crippen LogP contribution is -2.27. The van der Waals surface area contributed by atoms with E-state index in [0.29, 0.717) is 16.5 Å². The minimum Gasteiger partial charge on any atom is -0.318 e. The van der Waals surface area contributed by atoms with Gasteiger partial charge in [-0.1, -0.05) is 24.6 Å². The number of nitrogens with two attached hydrogens (primary N) is 1. The highest BCUT2D eigenvalue weighted by atomic mass is 35.5. The lowest BCUT2D eigenvalue weighted by Gasteiger charge is -2.21. The van der Waals surface area contributed by atoms with Crippen molar-refractivity contribution in [2.45, 2.75) is 58.8 Å². The van der Waals surface area contributed by atoms with E-state index in [1.165, 1.54) is 0 Å². The summed E-state index contributed by atoms with van der Waals surface area (Å²) in [6.07, 6.45) is -1.28. The monoisotopic (exact) mass is 445 g/mol. The van der Waals surface area contributed by atoms with Gasteiger partial charge in [-0.25, -0.2) is 4.98 Å². The van der Waals surface area contributed by atoms with Gasteiger partial charge in [-0.15, -0.1) is 11.3 Å². The van der Waals surface area contributed by atoms with Crippen LogP contribution >= 0.6 is 22.9 Å². The molecule has 0 aliphatic heterocycles. The molecule has 1 aromatic heterocycles. The van der Waals surface area contributed by atoms with E-state index in [1.54, 1.807) is 6.07 Å². The molecule has 0 saturated heterocycles. The number of alkyl halides is 3. The molecular weight excluding hydrogens is 419 g/mol. The van der Waals surface area contributed by atoms with Crippen LogP contribution in [-0.4, -0.2) is 23.0 Å². The molecule has 3 nitrogen and oxygen atoms in total. The molecule has 29 heavy (non-hydrogen) atoms. The molecule has 1 aromatic carbocycles. The van der Waals surface area contributed by atoms with E-state index < -0.39 is 17.9 Å². The normalized spacial score (nSPS) is 15.9. The van der Waals surface area contributed by atoms with Crippen LogP contribution in [0, 0.1) is 19.8 Å². The third kappa shape index (κ3) is 5.51. The lowest BCUT2D eigenvalue weighted by atomic mass is 10.00. The zero-order valence-electron chi connectivity index (χ0n) is 16.9. The Morgan fingerprint density at radius 2 is 2.00 bits per heavy atom. The fraction of sp³-hybridized carbons (Fsp3) is 0.571. The first-order chi connectivity index (χ1) is 13.6. The number of nitrogens with zero attached hydrogens (tertiary/aromatic N) is 2. The van der Waals surface area contributed by atoms with Crippen LogP contribution in [0.25, 0.3) is 0 Å². The fourth-order valence-corrected chi connectivity index (χ4v) is 5.27. The van der Waals surface area contributed by atoms with Gasteiger partial charge in [-0.05, 0) is 68.3 Å². The van der Waals surface area contributed by atoms with Gasteiger partial charge in [-0.3, -0.25) is 4.90 Å². The summed E-state index contributed by atoms with van der Waals surface area (Å²) in [4.78, 5) is 6.30. The summed E-state index contributed by atoms with van der Waals surface area (Å²) in [7, 11) is 0. The van der Waals surface area contributed by atoms with E-state index in [2.05, 4.69) is 9.88 Å². The van der Waals surface area contributed by atoms with E-state index >= 15 is 0 Å². The Morgan fingerprint density at radius 3 is 2.55 bits per heavy atom. The van der Waals surface area contributed by atoms with Crippen molar-refractivity contribution in [2.24, 2.45) is 11.7 Å². The highest BCUT2D eigenvalue weighted by Gasteiger charge is 2.39. The molecule has 0 spiro atoms. The van der Waals surface area contributed by atoms with Crippen LogP contribution in [0.1, 0.15) is 64.5 Å². The van der Waals surface area contributed by atoms with Crippen molar-refractivity contribution in [3.63, 3.8) is 0 Å². The number of aromatic nitrogens is 1. The highest BCUT2D eigenvalue weighted by Crippen LogP contribution is 2.40.